The van der Waals surface area contributed by atoms with Gasteiger partial charge in [0.25, 0.3) is 0 Å². The zero-order valence-electron chi connectivity index (χ0n) is 13.7. The summed E-state index contributed by atoms with van der Waals surface area (Å²) < 4.78 is 5.68. The number of hydrogen-bond acceptors (Lipinski definition) is 3. The molecule has 0 heterocycles. The first-order valence-electron chi connectivity index (χ1n) is 7.98. The zero-order valence-corrected chi connectivity index (χ0v) is 14.5. The number of aryl methyl sites for hydroxylation is 1. The minimum atomic E-state index is -0.679. The molecule has 1 aliphatic carbocycles. The van der Waals surface area contributed by atoms with Crippen LogP contribution in [0, 0.1) is 12.8 Å². The molecule has 4 nitrogen and oxygen atoms in total. The van der Waals surface area contributed by atoms with Crippen LogP contribution in [0.4, 0.5) is 5.69 Å². The van der Waals surface area contributed by atoms with E-state index < -0.39 is 6.04 Å². The quantitative estimate of drug-likeness (QED) is 0.835. The van der Waals surface area contributed by atoms with Crippen molar-refractivity contribution < 1.29 is 9.53 Å². The Hall–Kier alpha value is -2.04. The van der Waals surface area contributed by atoms with Gasteiger partial charge in [0, 0.05) is 5.69 Å². The molecular weight excluding hydrogens is 324 g/mol. The first kappa shape index (κ1) is 18.3. The highest BCUT2D eigenvalue weighted by molar-refractivity contribution is 5.95. The van der Waals surface area contributed by atoms with Gasteiger partial charge < -0.3 is 15.8 Å². The molecular formula is C19H23ClN2O2. The van der Waals surface area contributed by atoms with Gasteiger partial charge in [0.1, 0.15) is 11.8 Å². The van der Waals surface area contributed by atoms with Gasteiger partial charge in [-0.2, -0.15) is 0 Å². The summed E-state index contributed by atoms with van der Waals surface area (Å²) in [6, 6.07) is 14.4. The number of benzene rings is 2. The number of carbonyl (C=O) groups excluding carboxylic acids is 1. The molecule has 0 saturated heterocycles. The van der Waals surface area contributed by atoms with Gasteiger partial charge in [-0.25, -0.2) is 0 Å². The molecule has 1 saturated carbocycles. The van der Waals surface area contributed by atoms with Gasteiger partial charge in [0.05, 0.1) is 6.61 Å². The Balaban J connectivity index is 0.00000208. The van der Waals surface area contributed by atoms with E-state index in [4.69, 9.17) is 10.5 Å². The molecule has 0 aliphatic heterocycles. The highest BCUT2D eigenvalue weighted by Crippen LogP contribution is 2.29. The molecule has 5 heteroatoms. The van der Waals surface area contributed by atoms with Gasteiger partial charge in [0.2, 0.25) is 5.91 Å². The maximum atomic E-state index is 12.2. The SMILES string of the molecule is Cc1ccc(C(N)C(=O)Nc2ccc(OCC3CC3)cc2)cc1.Cl. The fraction of sp³-hybridized carbons (Fsp3) is 0.316. The summed E-state index contributed by atoms with van der Waals surface area (Å²) in [5.41, 5.74) is 8.68. The molecule has 0 radical (unpaired) electrons. The topological polar surface area (TPSA) is 64.4 Å². The highest BCUT2D eigenvalue weighted by atomic mass is 35.5. The number of hydrogen-bond donors (Lipinski definition) is 2. The molecule has 0 bridgehead atoms. The van der Waals surface area contributed by atoms with E-state index in [1.807, 2.05) is 55.5 Å². The Labute approximate surface area is 148 Å². The second kappa shape index (κ2) is 8.18. The minimum absolute atomic E-state index is 0. The van der Waals surface area contributed by atoms with E-state index >= 15 is 0 Å². The fourth-order valence-corrected chi connectivity index (χ4v) is 2.28. The van der Waals surface area contributed by atoms with Crippen LogP contribution in [0.3, 0.4) is 0 Å². The van der Waals surface area contributed by atoms with Crippen LogP contribution in [0.15, 0.2) is 48.5 Å². The second-order valence-corrected chi connectivity index (χ2v) is 6.16. The average molecular weight is 347 g/mol. The van der Waals surface area contributed by atoms with E-state index in [1.165, 1.54) is 12.8 Å². The summed E-state index contributed by atoms with van der Waals surface area (Å²) in [4.78, 5) is 12.2. The molecule has 24 heavy (non-hydrogen) atoms. The third-order valence-corrected chi connectivity index (χ3v) is 4.02. The lowest BCUT2D eigenvalue weighted by Gasteiger charge is -2.13. The second-order valence-electron chi connectivity index (χ2n) is 6.16. The number of ether oxygens (including phenoxy) is 1. The molecule has 0 spiro atoms. The molecule has 3 rings (SSSR count). The van der Waals surface area contributed by atoms with Crippen molar-refractivity contribution in [3.8, 4) is 5.75 Å². The van der Waals surface area contributed by atoms with Gasteiger partial charge >= 0.3 is 0 Å². The summed E-state index contributed by atoms with van der Waals surface area (Å²) in [6.07, 6.45) is 2.54. The molecule has 128 valence electrons. The number of halogens is 1. The molecule has 3 N–H and O–H groups in total. The normalized spacial score (nSPS) is 14.4. The third-order valence-electron chi connectivity index (χ3n) is 4.02. The van der Waals surface area contributed by atoms with Crippen molar-refractivity contribution in [3.05, 3.63) is 59.7 Å². The number of nitrogens with one attached hydrogen (secondary N) is 1. The number of anilines is 1. The molecule has 0 aromatic heterocycles. The molecule has 1 atom stereocenters. The summed E-state index contributed by atoms with van der Waals surface area (Å²) in [5, 5.41) is 2.84. The molecule has 2 aromatic carbocycles. The summed E-state index contributed by atoms with van der Waals surface area (Å²) in [5.74, 6) is 1.33. The Kier molecular flexibility index (Phi) is 6.23. The maximum absolute atomic E-state index is 12.2. The number of nitrogens with two attached hydrogens (primary N) is 1. The number of rotatable bonds is 6. The van der Waals surface area contributed by atoms with Crippen LogP contribution in [0.5, 0.6) is 5.75 Å². The lowest BCUT2D eigenvalue weighted by molar-refractivity contribution is -0.117. The van der Waals surface area contributed by atoms with Crippen LogP contribution in [-0.4, -0.2) is 12.5 Å². The monoisotopic (exact) mass is 346 g/mol. The number of carbonyl (C=O) groups is 1. The standard InChI is InChI=1S/C19H22N2O2.ClH/c1-13-2-6-15(7-3-13)18(20)19(22)21-16-8-10-17(11-9-16)23-12-14-4-5-14;/h2-3,6-11,14,18H,4-5,12,20H2,1H3,(H,21,22);1H. The van der Waals surface area contributed by atoms with E-state index in [0.29, 0.717) is 0 Å². The Morgan fingerprint density at radius 3 is 2.38 bits per heavy atom. The zero-order chi connectivity index (χ0) is 16.2. The van der Waals surface area contributed by atoms with Gasteiger partial charge in [-0.1, -0.05) is 29.8 Å². The highest BCUT2D eigenvalue weighted by Gasteiger charge is 2.21. The Bertz CT molecular complexity index is 667. The molecule has 1 amide bonds. The summed E-state index contributed by atoms with van der Waals surface area (Å²) >= 11 is 0. The van der Waals surface area contributed by atoms with Crippen molar-refractivity contribution in [2.45, 2.75) is 25.8 Å². The van der Waals surface area contributed by atoms with Crippen molar-refractivity contribution in [2.24, 2.45) is 11.7 Å². The van der Waals surface area contributed by atoms with Crippen molar-refractivity contribution in [2.75, 3.05) is 11.9 Å². The molecule has 1 aliphatic rings. The Morgan fingerprint density at radius 2 is 1.79 bits per heavy atom. The van der Waals surface area contributed by atoms with Crippen LogP contribution in [0.2, 0.25) is 0 Å². The predicted octanol–water partition coefficient (Wildman–Crippen LogP) is 3.84. The van der Waals surface area contributed by atoms with Gasteiger partial charge in [-0.3, -0.25) is 4.79 Å². The van der Waals surface area contributed by atoms with Crippen LogP contribution in [0.1, 0.15) is 30.0 Å². The van der Waals surface area contributed by atoms with Crippen molar-refractivity contribution in [1.29, 1.82) is 0 Å². The fourth-order valence-electron chi connectivity index (χ4n) is 2.28. The molecule has 1 unspecified atom stereocenters. The van der Waals surface area contributed by atoms with Crippen LogP contribution >= 0.6 is 12.4 Å². The number of amides is 1. The van der Waals surface area contributed by atoms with Crippen LogP contribution < -0.4 is 15.8 Å². The smallest absolute Gasteiger partial charge is 0.245 e. The van der Waals surface area contributed by atoms with Gasteiger partial charge in [0.15, 0.2) is 0 Å². The van der Waals surface area contributed by atoms with Crippen LogP contribution in [0.25, 0.3) is 0 Å². The largest absolute Gasteiger partial charge is 0.493 e. The average Bonchev–Trinajstić information content (AvgIpc) is 3.38. The van der Waals surface area contributed by atoms with E-state index in [9.17, 15) is 4.79 Å². The van der Waals surface area contributed by atoms with E-state index in [1.54, 1.807) is 0 Å². The molecule has 2 aromatic rings. The molecule has 1 fully saturated rings. The van der Waals surface area contributed by atoms with Crippen molar-refractivity contribution in [1.82, 2.24) is 0 Å². The van der Waals surface area contributed by atoms with Gasteiger partial charge in [-0.05, 0) is 55.5 Å². The maximum Gasteiger partial charge on any atom is 0.245 e. The lowest BCUT2D eigenvalue weighted by Crippen LogP contribution is -2.27. The summed E-state index contributed by atoms with van der Waals surface area (Å²) in [6.45, 7) is 2.78. The van der Waals surface area contributed by atoms with E-state index in [0.717, 1.165) is 35.1 Å². The third kappa shape index (κ3) is 4.98. The van der Waals surface area contributed by atoms with Crippen molar-refractivity contribution >= 4 is 24.0 Å². The first-order chi connectivity index (χ1) is 11.1. The lowest BCUT2D eigenvalue weighted by atomic mass is 10.1. The Morgan fingerprint density at radius 1 is 1.17 bits per heavy atom. The van der Waals surface area contributed by atoms with Crippen molar-refractivity contribution in [3.63, 3.8) is 0 Å². The minimum Gasteiger partial charge on any atom is -0.493 e. The van der Waals surface area contributed by atoms with Gasteiger partial charge in [-0.15, -0.1) is 12.4 Å². The van der Waals surface area contributed by atoms with Crippen LogP contribution in [-0.2, 0) is 4.79 Å². The van der Waals surface area contributed by atoms with E-state index in [-0.39, 0.29) is 18.3 Å². The summed E-state index contributed by atoms with van der Waals surface area (Å²) in [7, 11) is 0. The van der Waals surface area contributed by atoms with E-state index in [2.05, 4.69) is 5.32 Å². The first-order valence-corrected chi connectivity index (χ1v) is 7.98. The predicted molar refractivity (Wildman–Crippen MR) is 98.6 cm³/mol.